The highest BCUT2D eigenvalue weighted by molar-refractivity contribution is 5.94. The van der Waals surface area contributed by atoms with Gasteiger partial charge >= 0.3 is 12.0 Å². The summed E-state index contributed by atoms with van der Waals surface area (Å²) in [7, 11) is 0. The van der Waals surface area contributed by atoms with Gasteiger partial charge in [0.15, 0.2) is 0 Å². The van der Waals surface area contributed by atoms with Crippen LogP contribution in [-0.2, 0) is 17.9 Å². The minimum absolute atomic E-state index is 0.0672. The van der Waals surface area contributed by atoms with Gasteiger partial charge in [-0.25, -0.2) is 4.79 Å². The molecule has 7 nitrogen and oxygen atoms in total. The average molecular weight is 526 g/mol. The number of carboxylic acid groups (broad SMARTS) is 1. The first-order valence-electron chi connectivity index (χ1n) is 13.4. The lowest BCUT2D eigenvalue weighted by Crippen LogP contribution is -2.39. The van der Waals surface area contributed by atoms with Gasteiger partial charge in [0.05, 0.1) is 13.0 Å². The third-order valence-corrected chi connectivity index (χ3v) is 6.83. The van der Waals surface area contributed by atoms with Crippen molar-refractivity contribution in [3.05, 3.63) is 107 Å². The van der Waals surface area contributed by atoms with Gasteiger partial charge in [0, 0.05) is 24.3 Å². The van der Waals surface area contributed by atoms with E-state index >= 15 is 0 Å². The van der Waals surface area contributed by atoms with Gasteiger partial charge in [0.2, 0.25) is 0 Å². The molecule has 0 heterocycles. The summed E-state index contributed by atoms with van der Waals surface area (Å²) in [6, 6.07) is 23.0. The van der Waals surface area contributed by atoms with Crippen LogP contribution >= 0.6 is 0 Å². The SMILES string of the molecule is Cc1ccc(CNC(=O)N(Cc2ccc(C(=O)NCCC(=O)O)cc2)c2ccc(C3=CCCCC3)cc2)cc1. The molecule has 1 aliphatic carbocycles. The number of nitrogens with zero attached hydrogens (tertiary/aromatic N) is 1. The molecule has 202 valence electrons. The normalized spacial score (nSPS) is 12.8. The molecule has 0 atom stereocenters. The van der Waals surface area contributed by atoms with Crippen LogP contribution in [0.5, 0.6) is 0 Å². The number of carboxylic acids is 1. The summed E-state index contributed by atoms with van der Waals surface area (Å²) in [5.74, 6) is -1.29. The van der Waals surface area contributed by atoms with Crippen LogP contribution in [0.15, 0.2) is 78.9 Å². The highest BCUT2D eigenvalue weighted by atomic mass is 16.4. The van der Waals surface area contributed by atoms with Crippen molar-refractivity contribution in [2.75, 3.05) is 11.4 Å². The van der Waals surface area contributed by atoms with E-state index in [1.54, 1.807) is 17.0 Å². The van der Waals surface area contributed by atoms with E-state index < -0.39 is 5.97 Å². The van der Waals surface area contributed by atoms with E-state index in [0.717, 1.165) is 29.7 Å². The van der Waals surface area contributed by atoms with Crippen LogP contribution in [0.3, 0.4) is 0 Å². The van der Waals surface area contributed by atoms with Gasteiger partial charge in [-0.15, -0.1) is 0 Å². The lowest BCUT2D eigenvalue weighted by Gasteiger charge is -2.24. The molecule has 39 heavy (non-hydrogen) atoms. The lowest BCUT2D eigenvalue weighted by atomic mass is 9.93. The molecule has 0 saturated carbocycles. The molecule has 7 heteroatoms. The lowest BCUT2D eigenvalue weighted by molar-refractivity contribution is -0.136. The standard InChI is InChI=1S/C32H35N3O4/c1-23-7-9-24(10-8-23)21-34-32(39)35(29-17-15-27(16-18-29)26-5-3-2-4-6-26)22-25-11-13-28(14-12-25)31(38)33-20-19-30(36)37/h5,7-18H,2-4,6,19-22H2,1H3,(H,33,38)(H,34,39)(H,36,37). The molecule has 0 aromatic heterocycles. The molecule has 0 fully saturated rings. The van der Waals surface area contributed by atoms with Crippen LogP contribution in [0.4, 0.5) is 10.5 Å². The Hall–Kier alpha value is -4.39. The average Bonchev–Trinajstić information content (AvgIpc) is 2.96. The summed E-state index contributed by atoms with van der Waals surface area (Å²) < 4.78 is 0. The monoisotopic (exact) mass is 525 g/mol. The first kappa shape index (κ1) is 27.6. The third kappa shape index (κ3) is 8.04. The zero-order valence-electron chi connectivity index (χ0n) is 22.3. The number of benzene rings is 3. The Morgan fingerprint density at radius 1 is 0.846 bits per heavy atom. The molecule has 3 amide bonds. The summed E-state index contributed by atoms with van der Waals surface area (Å²) in [5, 5.41) is 14.4. The zero-order valence-corrected chi connectivity index (χ0v) is 22.3. The van der Waals surface area contributed by atoms with E-state index in [4.69, 9.17) is 5.11 Å². The number of anilines is 1. The van der Waals surface area contributed by atoms with E-state index in [0.29, 0.717) is 18.7 Å². The van der Waals surface area contributed by atoms with Gasteiger partial charge < -0.3 is 15.7 Å². The largest absolute Gasteiger partial charge is 0.481 e. The van der Waals surface area contributed by atoms with Gasteiger partial charge in [-0.05, 0) is 79.1 Å². The summed E-state index contributed by atoms with van der Waals surface area (Å²) in [6.07, 6.45) is 6.80. The number of hydrogen-bond acceptors (Lipinski definition) is 3. The van der Waals surface area contributed by atoms with Crippen molar-refractivity contribution in [1.82, 2.24) is 10.6 Å². The number of carbonyl (C=O) groups is 3. The van der Waals surface area contributed by atoms with E-state index in [2.05, 4.69) is 28.8 Å². The van der Waals surface area contributed by atoms with Crippen LogP contribution in [0.2, 0.25) is 0 Å². The van der Waals surface area contributed by atoms with Crippen LogP contribution in [0.1, 0.15) is 64.7 Å². The molecule has 0 bridgehead atoms. The van der Waals surface area contributed by atoms with Crippen LogP contribution in [0, 0.1) is 6.92 Å². The smallest absolute Gasteiger partial charge is 0.322 e. The Kier molecular flexibility index (Phi) is 9.51. The van der Waals surface area contributed by atoms with Gasteiger partial charge in [0.25, 0.3) is 5.91 Å². The predicted molar refractivity (Wildman–Crippen MR) is 154 cm³/mol. The molecule has 0 unspecified atom stereocenters. The molecule has 1 aliphatic rings. The molecule has 3 aromatic carbocycles. The second-order valence-electron chi connectivity index (χ2n) is 9.85. The first-order valence-corrected chi connectivity index (χ1v) is 13.4. The van der Waals surface area contributed by atoms with Crippen molar-refractivity contribution in [3.8, 4) is 0 Å². The molecule has 0 aliphatic heterocycles. The van der Waals surface area contributed by atoms with Crippen molar-refractivity contribution in [3.63, 3.8) is 0 Å². The number of nitrogens with one attached hydrogen (secondary N) is 2. The third-order valence-electron chi connectivity index (χ3n) is 6.83. The quantitative estimate of drug-likeness (QED) is 0.299. The van der Waals surface area contributed by atoms with Crippen LogP contribution < -0.4 is 15.5 Å². The topological polar surface area (TPSA) is 98.7 Å². The zero-order chi connectivity index (χ0) is 27.6. The predicted octanol–water partition coefficient (Wildman–Crippen LogP) is 6.07. The van der Waals surface area contributed by atoms with Gasteiger partial charge in [-0.1, -0.05) is 60.2 Å². The number of aliphatic carboxylic acids is 1. The fourth-order valence-electron chi connectivity index (χ4n) is 4.54. The maximum atomic E-state index is 13.4. The van der Waals surface area contributed by atoms with Crippen molar-refractivity contribution < 1.29 is 19.5 Å². The Bertz CT molecular complexity index is 1310. The van der Waals surface area contributed by atoms with Crippen molar-refractivity contribution in [2.45, 2.75) is 52.1 Å². The first-order chi connectivity index (χ1) is 18.9. The molecule has 3 aromatic rings. The maximum Gasteiger partial charge on any atom is 0.322 e. The molecule has 3 N–H and O–H groups in total. The molecule has 0 saturated heterocycles. The van der Waals surface area contributed by atoms with Gasteiger partial charge in [-0.2, -0.15) is 0 Å². The number of amides is 3. The molecular weight excluding hydrogens is 490 g/mol. The summed E-state index contributed by atoms with van der Waals surface area (Å²) in [4.78, 5) is 38.1. The molecule has 0 radical (unpaired) electrons. The summed E-state index contributed by atoms with van der Waals surface area (Å²) in [6.45, 7) is 2.83. The minimum Gasteiger partial charge on any atom is -0.481 e. The summed E-state index contributed by atoms with van der Waals surface area (Å²) in [5.41, 5.74) is 6.82. The number of aryl methyl sites for hydroxylation is 1. The number of rotatable bonds is 10. The van der Waals surface area contributed by atoms with Gasteiger partial charge in [-0.3, -0.25) is 14.5 Å². The molecule has 0 spiro atoms. The van der Waals surface area contributed by atoms with Crippen LogP contribution in [0.25, 0.3) is 5.57 Å². The number of urea groups is 1. The highest BCUT2D eigenvalue weighted by Crippen LogP contribution is 2.28. The fourth-order valence-corrected chi connectivity index (χ4v) is 4.54. The van der Waals surface area contributed by atoms with Gasteiger partial charge in [0.1, 0.15) is 0 Å². The Balaban J connectivity index is 1.49. The number of allylic oxidation sites excluding steroid dienone is 2. The fraction of sp³-hybridized carbons (Fsp3) is 0.281. The highest BCUT2D eigenvalue weighted by Gasteiger charge is 2.18. The van der Waals surface area contributed by atoms with Crippen LogP contribution in [-0.4, -0.2) is 29.6 Å². The second kappa shape index (κ2) is 13.4. The molecule has 4 rings (SSSR count). The maximum absolute atomic E-state index is 13.4. The van der Waals surface area contributed by atoms with E-state index in [-0.39, 0.29) is 24.9 Å². The van der Waals surface area contributed by atoms with Crippen molar-refractivity contribution in [2.24, 2.45) is 0 Å². The minimum atomic E-state index is -0.963. The van der Waals surface area contributed by atoms with Crippen molar-refractivity contribution >= 4 is 29.2 Å². The van der Waals surface area contributed by atoms with E-state index in [9.17, 15) is 14.4 Å². The molecular formula is C32H35N3O4. The number of carbonyl (C=O) groups excluding carboxylic acids is 2. The van der Waals surface area contributed by atoms with Crippen molar-refractivity contribution in [1.29, 1.82) is 0 Å². The number of hydrogen-bond donors (Lipinski definition) is 3. The van der Waals surface area contributed by atoms with E-state index in [1.807, 2.05) is 55.5 Å². The van der Waals surface area contributed by atoms with E-state index in [1.165, 1.54) is 29.5 Å². The second-order valence-corrected chi connectivity index (χ2v) is 9.85. The Morgan fingerprint density at radius 2 is 1.54 bits per heavy atom. The summed E-state index contributed by atoms with van der Waals surface area (Å²) >= 11 is 0. The Morgan fingerprint density at radius 3 is 2.18 bits per heavy atom. The Labute approximate surface area is 229 Å².